The van der Waals surface area contributed by atoms with E-state index < -0.39 is 7.12 Å². The third kappa shape index (κ3) is 10.9. The molecule has 0 radical (unpaired) electrons. The highest BCUT2D eigenvalue weighted by molar-refractivity contribution is 9.11. The van der Waals surface area contributed by atoms with Crippen molar-refractivity contribution in [2.75, 3.05) is 0 Å². The first-order valence-electron chi connectivity index (χ1n) is 10.1. The Morgan fingerprint density at radius 2 is 0.794 bits per heavy atom. The number of hydrogen-bond donors (Lipinski definition) is 2. The van der Waals surface area contributed by atoms with Gasteiger partial charge in [-0.3, -0.25) is 0 Å². The van der Waals surface area contributed by atoms with E-state index in [1.807, 2.05) is 43.3 Å². The van der Waals surface area contributed by atoms with Gasteiger partial charge >= 0.3 is 7.12 Å². The highest BCUT2D eigenvalue weighted by atomic mass is 79.9. The van der Waals surface area contributed by atoms with Gasteiger partial charge in [-0.1, -0.05) is 139 Å². The molecule has 0 amide bonds. The molecule has 0 aliphatic carbocycles. The average molecular weight is 777 g/mol. The molecule has 0 aliphatic rings. The van der Waals surface area contributed by atoms with Crippen LogP contribution in [0.4, 0.5) is 0 Å². The van der Waals surface area contributed by atoms with Gasteiger partial charge in [-0.15, -0.1) is 0 Å². The summed E-state index contributed by atoms with van der Waals surface area (Å²) in [5.74, 6) is 0. The van der Waals surface area contributed by atoms with Gasteiger partial charge in [0.2, 0.25) is 0 Å². The normalized spacial score (nSPS) is 9.91. The standard InChI is InChI=1S/C13H10Br2.C7H9BO2.C6H3Br3/c1-9-2-4-10(5-3-9)11-6-12(14)8-13(15)7-11;1-6-2-4-7(5-3-6)8(9)10;7-4-1-5(8)3-6(9)2-4/h2-8H,1H3;2-5,9-10H,1H3;1-3H. The van der Waals surface area contributed by atoms with Gasteiger partial charge in [-0.05, 0) is 66.8 Å². The summed E-state index contributed by atoms with van der Waals surface area (Å²) in [6, 6.07) is 27.9. The topological polar surface area (TPSA) is 40.5 Å². The quantitative estimate of drug-likeness (QED) is 0.200. The van der Waals surface area contributed by atoms with Crippen molar-refractivity contribution in [3.8, 4) is 11.1 Å². The highest BCUT2D eigenvalue weighted by Gasteiger charge is 2.08. The van der Waals surface area contributed by atoms with Crippen LogP contribution in [0.1, 0.15) is 11.1 Å². The van der Waals surface area contributed by atoms with Crippen molar-refractivity contribution in [2.24, 2.45) is 0 Å². The Morgan fingerprint density at radius 1 is 0.471 bits per heavy atom. The van der Waals surface area contributed by atoms with E-state index in [0.29, 0.717) is 5.46 Å². The maximum absolute atomic E-state index is 8.67. The van der Waals surface area contributed by atoms with Crippen molar-refractivity contribution in [1.29, 1.82) is 0 Å². The summed E-state index contributed by atoms with van der Waals surface area (Å²) in [4.78, 5) is 0. The molecule has 0 aliphatic heterocycles. The van der Waals surface area contributed by atoms with Gasteiger partial charge < -0.3 is 10.0 Å². The van der Waals surface area contributed by atoms with Crippen molar-refractivity contribution in [2.45, 2.75) is 13.8 Å². The molecule has 0 saturated carbocycles. The van der Waals surface area contributed by atoms with E-state index in [4.69, 9.17) is 10.0 Å². The fraction of sp³-hybridized carbons (Fsp3) is 0.0769. The van der Waals surface area contributed by atoms with E-state index in [0.717, 1.165) is 27.9 Å². The molecule has 2 N–H and O–H groups in total. The van der Waals surface area contributed by atoms with E-state index in [2.05, 4.69) is 123 Å². The Balaban J connectivity index is 0.000000189. The zero-order valence-electron chi connectivity index (χ0n) is 18.4. The fourth-order valence-electron chi connectivity index (χ4n) is 2.73. The molecule has 0 heterocycles. The molecule has 34 heavy (non-hydrogen) atoms. The third-order valence-corrected chi connectivity index (χ3v) is 6.74. The Labute approximate surface area is 243 Å². The Hall–Kier alpha value is -0.735. The van der Waals surface area contributed by atoms with Crippen molar-refractivity contribution in [3.05, 3.63) is 118 Å². The molecule has 0 atom stereocenters. The first-order chi connectivity index (χ1) is 16.0. The summed E-state index contributed by atoms with van der Waals surface area (Å²) < 4.78 is 5.40. The van der Waals surface area contributed by atoms with E-state index in [1.54, 1.807) is 12.1 Å². The zero-order chi connectivity index (χ0) is 25.3. The van der Waals surface area contributed by atoms with Crippen LogP contribution in [0.3, 0.4) is 0 Å². The second-order valence-corrected chi connectivity index (χ2v) is 12.0. The lowest BCUT2D eigenvalue weighted by Gasteiger charge is -2.04. The summed E-state index contributed by atoms with van der Waals surface area (Å²) in [5.41, 5.74) is 5.39. The summed E-state index contributed by atoms with van der Waals surface area (Å²) >= 11 is 17.0. The first kappa shape index (κ1) is 29.5. The van der Waals surface area contributed by atoms with Gasteiger partial charge in [0.15, 0.2) is 0 Å². The van der Waals surface area contributed by atoms with Crippen LogP contribution in [0.5, 0.6) is 0 Å². The van der Waals surface area contributed by atoms with Crippen LogP contribution in [0.15, 0.2) is 107 Å². The highest BCUT2D eigenvalue weighted by Crippen LogP contribution is 2.27. The molecule has 0 fully saturated rings. The number of halogens is 5. The molecule has 0 spiro atoms. The van der Waals surface area contributed by atoms with Gasteiger partial charge in [0.05, 0.1) is 0 Å². The predicted octanol–water partition coefficient (Wildman–Crippen LogP) is 8.84. The smallest absolute Gasteiger partial charge is 0.423 e. The largest absolute Gasteiger partial charge is 0.488 e. The molecule has 0 bridgehead atoms. The molecule has 0 aromatic heterocycles. The zero-order valence-corrected chi connectivity index (χ0v) is 26.4. The maximum atomic E-state index is 8.67. The van der Waals surface area contributed by atoms with E-state index in [1.165, 1.54) is 16.7 Å². The molecule has 8 heteroatoms. The SMILES string of the molecule is Brc1cc(Br)cc(Br)c1.Cc1ccc(-c2cc(Br)cc(Br)c2)cc1.Cc1ccc(B(O)O)cc1. The van der Waals surface area contributed by atoms with Crippen molar-refractivity contribution in [3.63, 3.8) is 0 Å². The van der Waals surface area contributed by atoms with Gasteiger partial charge in [-0.2, -0.15) is 0 Å². The Kier molecular flexibility index (Phi) is 12.8. The Bertz CT molecular complexity index is 1130. The second kappa shape index (κ2) is 14.7. The van der Waals surface area contributed by atoms with Crippen LogP contribution in [-0.4, -0.2) is 17.2 Å². The predicted molar refractivity (Wildman–Crippen MR) is 163 cm³/mol. The van der Waals surface area contributed by atoms with Crippen molar-refractivity contribution in [1.82, 2.24) is 0 Å². The molecule has 4 aromatic rings. The van der Waals surface area contributed by atoms with Crippen LogP contribution >= 0.6 is 79.6 Å². The summed E-state index contributed by atoms with van der Waals surface area (Å²) in [6.07, 6.45) is 0. The third-order valence-electron chi connectivity index (χ3n) is 4.45. The van der Waals surface area contributed by atoms with Crippen LogP contribution in [0.25, 0.3) is 11.1 Å². The molecule has 4 rings (SSSR count). The van der Waals surface area contributed by atoms with E-state index in [-0.39, 0.29) is 0 Å². The van der Waals surface area contributed by atoms with Gasteiger partial charge in [-0.25, -0.2) is 0 Å². The lowest BCUT2D eigenvalue weighted by atomic mass is 9.80. The molecule has 176 valence electrons. The monoisotopic (exact) mass is 772 g/mol. The molecule has 0 unspecified atom stereocenters. The summed E-state index contributed by atoms with van der Waals surface area (Å²) in [7, 11) is -1.35. The average Bonchev–Trinajstić information content (AvgIpc) is 2.74. The minimum Gasteiger partial charge on any atom is -0.423 e. The lowest BCUT2D eigenvalue weighted by Crippen LogP contribution is -2.29. The molecule has 4 aromatic carbocycles. The van der Waals surface area contributed by atoms with E-state index in [9.17, 15) is 0 Å². The minimum atomic E-state index is -1.35. The van der Waals surface area contributed by atoms with E-state index >= 15 is 0 Å². The van der Waals surface area contributed by atoms with Crippen molar-refractivity contribution >= 4 is 92.2 Å². The number of benzene rings is 4. The molecular formula is C26H22BBr5O2. The first-order valence-corrected chi connectivity index (χ1v) is 14.1. The number of hydrogen-bond acceptors (Lipinski definition) is 2. The Morgan fingerprint density at radius 3 is 1.15 bits per heavy atom. The minimum absolute atomic E-state index is 0.533. The van der Waals surface area contributed by atoms with Crippen molar-refractivity contribution < 1.29 is 10.0 Å². The number of aryl methyl sites for hydroxylation is 2. The van der Waals surface area contributed by atoms with Gasteiger partial charge in [0.1, 0.15) is 0 Å². The summed E-state index contributed by atoms with van der Waals surface area (Å²) in [5, 5.41) is 17.3. The van der Waals surface area contributed by atoms with Crippen LogP contribution < -0.4 is 5.46 Å². The molecular weight excluding hydrogens is 755 g/mol. The fourth-order valence-corrected chi connectivity index (χ4v) is 6.42. The van der Waals surface area contributed by atoms with Crippen LogP contribution in [-0.2, 0) is 0 Å². The van der Waals surface area contributed by atoms with Gasteiger partial charge in [0, 0.05) is 22.4 Å². The van der Waals surface area contributed by atoms with Gasteiger partial charge in [0.25, 0.3) is 0 Å². The second-order valence-electron chi connectivity index (χ2n) is 7.40. The summed E-state index contributed by atoms with van der Waals surface area (Å²) in [6.45, 7) is 4.05. The molecule has 0 saturated heterocycles. The lowest BCUT2D eigenvalue weighted by molar-refractivity contribution is 0.426. The number of rotatable bonds is 2. The van der Waals surface area contributed by atoms with Crippen LogP contribution in [0, 0.1) is 13.8 Å². The molecule has 2 nitrogen and oxygen atoms in total. The van der Waals surface area contributed by atoms with Crippen LogP contribution in [0.2, 0.25) is 0 Å². The maximum Gasteiger partial charge on any atom is 0.488 e.